The molecule has 1 N–H and O–H groups in total. The minimum Gasteiger partial charge on any atom is -0.354 e. The molecule has 0 aliphatic carbocycles. The molecule has 0 fully saturated rings. The van der Waals surface area contributed by atoms with Gasteiger partial charge in [0.05, 0.1) is 0 Å². The third kappa shape index (κ3) is 3.24. The maximum absolute atomic E-state index is 5.01. The summed E-state index contributed by atoms with van der Waals surface area (Å²) in [6, 6.07) is 1.94. The fraction of sp³-hybridized carbons (Fsp3) is 0.455. The quantitative estimate of drug-likeness (QED) is 0.861. The molecule has 2 aromatic heterocycles. The van der Waals surface area contributed by atoms with E-state index >= 15 is 0 Å². The lowest BCUT2D eigenvalue weighted by Gasteiger charge is -2.04. The normalized spacial score (nSPS) is 10.5. The van der Waals surface area contributed by atoms with E-state index in [1.165, 1.54) is 0 Å². The van der Waals surface area contributed by atoms with Gasteiger partial charge in [-0.25, -0.2) is 9.97 Å². The van der Waals surface area contributed by atoms with Crippen LogP contribution in [0, 0.1) is 20.8 Å². The van der Waals surface area contributed by atoms with Gasteiger partial charge < -0.3 is 9.84 Å². The van der Waals surface area contributed by atoms with Crippen LogP contribution < -0.4 is 5.32 Å². The molecular weight excluding hydrogens is 218 g/mol. The molecule has 0 saturated carbocycles. The van der Waals surface area contributed by atoms with Crippen molar-refractivity contribution in [3.63, 3.8) is 0 Å². The first-order valence-electron chi connectivity index (χ1n) is 5.49. The summed E-state index contributed by atoms with van der Waals surface area (Å²) in [7, 11) is 0. The zero-order chi connectivity index (χ0) is 12.3. The largest absolute Gasteiger partial charge is 0.354 e. The number of hydrogen-bond acceptors (Lipinski definition) is 6. The molecule has 0 radical (unpaired) electrons. The Morgan fingerprint density at radius 2 is 1.82 bits per heavy atom. The van der Waals surface area contributed by atoms with Gasteiger partial charge in [0.2, 0.25) is 11.8 Å². The topological polar surface area (TPSA) is 76.7 Å². The van der Waals surface area contributed by atoms with Crippen molar-refractivity contribution < 1.29 is 4.52 Å². The molecule has 6 nitrogen and oxygen atoms in total. The Morgan fingerprint density at radius 1 is 1.12 bits per heavy atom. The molecule has 2 aromatic rings. The number of aryl methyl sites for hydroxylation is 3. The first-order chi connectivity index (χ1) is 8.13. The molecule has 2 heterocycles. The highest BCUT2D eigenvalue weighted by atomic mass is 16.5. The van der Waals surface area contributed by atoms with Gasteiger partial charge in [-0.3, -0.25) is 0 Å². The third-order valence-electron chi connectivity index (χ3n) is 2.17. The Bertz CT molecular complexity index is 488. The maximum Gasteiger partial charge on any atom is 0.228 e. The molecule has 0 amide bonds. The minimum atomic E-state index is 0.624. The molecule has 0 aliphatic rings. The van der Waals surface area contributed by atoms with Crippen LogP contribution in [0.15, 0.2) is 10.6 Å². The summed E-state index contributed by atoms with van der Waals surface area (Å²) in [5, 5.41) is 6.86. The molecule has 0 spiro atoms. The van der Waals surface area contributed by atoms with E-state index < -0.39 is 0 Å². The van der Waals surface area contributed by atoms with Crippen LogP contribution in [0.1, 0.15) is 23.1 Å². The van der Waals surface area contributed by atoms with Crippen LogP contribution in [0.5, 0.6) is 0 Å². The summed E-state index contributed by atoms with van der Waals surface area (Å²) in [5.74, 6) is 1.92. The predicted molar refractivity (Wildman–Crippen MR) is 62.7 cm³/mol. The van der Waals surface area contributed by atoms with Gasteiger partial charge in [-0.05, 0) is 26.8 Å². The van der Waals surface area contributed by atoms with Crippen LogP contribution in [0.25, 0.3) is 0 Å². The second-order valence-electron chi connectivity index (χ2n) is 3.89. The minimum absolute atomic E-state index is 0.624. The molecule has 2 rings (SSSR count). The van der Waals surface area contributed by atoms with Crippen LogP contribution in [0.4, 0.5) is 5.95 Å². The molecule has 0 unspecified atom stereocenters. The molecular formula is C11H15N5O. The van der Waals surface area contributed by atoms with E-state index in [0.29, 0.717) is 30.6 Å². The first-order valence-corrected chi connectivity index (χ1v) is 5.49. The molecule has 0 aromatic carbocycles. The van der Waals surface area contributed by atoms with Gasteiger partial charge in [-0.15, -0.1) is 0 Å². The molecule has 6 heteroatoms. The SMILES string of the molecule is Cc1cc(C)nc(NCCc2nc(C)no2)n1. The van der Waals surface area contributed by atoms with Crippen molar-refractivity contribution in [2.75, 3.05) is 11.9 Å². The van der Waals surface area contributed by atoms with Gasteiger partial charge in [-0.2, -0.15) is 4.98 Å². The highest BCUT2D eigenvalue weighted by Crippen LogP contribution is 2.04. The zero-order valence-corrected chi connectivity index (χ0v) is 10.2. The standard InChI is InChI=1S/C11H15N5O/c1-7-6-8(2)14-11(13-7)12-5-4-10-15-9(3)16-17-10/h6H,4-5H2,1-3H3,(H,12,13,14). The van der Waals surface area contributed by atoms with Crippen LogP contribution in [0.3, 0.4) is 0 Å². The van der Waals surface area contributed by atoms with Crippen molar-refractivity contribution in [1.29, 1.82) is 0 Å². The Kier molecular flexibility index (Phi) is 3.32. The summed E-state index contributed by atoms with van der Waals surface area (Å²) < 4.78 is 5.01. The van der Waals surface area contributed by atoms with Crippen molar-refractivity contribution in [3.05, 3.63) is 29.2 Å². The summed E-state index contributed by atoms with van der Waals surface area (Å²) in [6.45, 7) is 6.36. The van der Waals surface area contributed by atoms with Crippen molar-refractivity contribution in [3.8, 4) is 0 Å². The highest BCUT2D eigenvalue weighted by molar-refractivity contribution is 5.27. The fourth-order valence-corrected chi connectivity index (χ4v) is 1.53. The van der Waals surface area contributed by atoms with Crippen LogP contribution >= 0.6 is 0 Å². The van der Waals surface area contributed by atoms with E-state index in [0.717, 1.165) is 11.4 Å². The summed E-state index contributed by atoms with van der Waals surface area (Å²) in [4.78, 5) is 12.7. The van der Waals surface area contributed by atoms with E-state index in [4.69, 9.17) is 4.52 Å². The van der Waals surface area contributed by atoms with Crippen molar-refractivity contribution in [2.24, 2.45) is 0 Å². The van der Waals surface area contributed by atoms with Crippen molar-refractivity contribution in [2.45, 2.75) is 27.2 Å². The van der Waals surface area contributed by atoms with E-state index in [2.05, 4.69) is 25.4 Å². The number of anilines is 1. The van der Waals surface area contributed by atoms with Gasteiger partial charge in [0.25, 0.3) is 0 Å². The van der Waals surface area contributed by atoms with Gasteiger partial charge in [0, 0.05) is 24.4 Å². The number of nitrogens with zero attached hydrogens (tertiary/aromatic N) is 4. The van der Waals surface area contributed by atoms with Crippen LogP contribution in [-0.4, -0.2) is 26.7 Å². The maximum atomic E-state index is 5.01. The lowest BCUT2D eigenvalue weighted by atomic mass is 10.3. The van der Waals surface area contributed by atoms with E-state index in [9.17, 15) is 0 Å². The van der Waals surface area contributed by atoms with E-state index in [-0.39, 0.29) is 0 Å². The molecule has 17 heavy (non-hydrogen) atoms. The zero-order valence-electron chi connectivity index (χ0n) is 10.2. The van der Waals surface area contributed by atoms with Crippen LogP contribution in [-0.2, 0) is 6.42 Å². The third-order valence-corrected chi connectivity index (χ3v) is 2.17. The average molecular weight is 233 g/mol. The summed E-state index contributed by atoms with van der Waals surface area (Å²) in [6.07, 6.45) is 0.664. The Morgan fingerprint density at radius 3 is 2.41 bits per heavy atom. The predicted octanol–water partition coefficient (Wildman–Crippen LogP) is 1.44. The van der Waals surface area contributed by atoms with Gasteiger partial charge in [0.1, 0.15) is 0 Å². The number of nitrogens with one attached hydrogen (secondary N) is 1. The fourth-order valence-electron chi connectivity index (χ4n) is 1.53. The lowest BCUT2D eigenvalue weighted by Crippen LogP contribution is -2.09. The van der Waals surface area contributed by atoms with Crippen LogP contribution in [0.2, 0.25) is 0 Å². The Balaban J connectivity index is 1.89. The molecule has 0 bridgehead atoms. The molecule has 90 valence electrons. The number of aromatic nitrogens is 4. The Hall–Kier alpha value is -1.98. The lowest BCUT2D eigenvalue weighted by molar-refractivity contribution is 0.377. The second kappa shape index (κ2) is 4.90. The van der Waals surface area contributed by atoms with Gasteiger partial charge >= 0.3 is 0 Å². The smallest absolute Gasteiger partial charge is 0.228 e. The first kappa shape index (κ1) is 11.5. The molecule has 0 saturated heterocycles. The highest BCUT2D eigenvalue weighted by Gasteiger charge is 2.03. The molecule has 0 aliphatic heterocycles. The van der Waals surface area contributed by atoms with E-state index in [1.54, 1.807) is 6.92 Å². The van der Waals surface area contributed by atoms with Crippen molar-refractivity contribution >= 4 is 5.95 Å². The number of rotatable bonds is 4. The van der Waals surface area contributed by atoms with E-state index in [1.807, 2.05) is 19.9 Å². The number of hydrogen-bond donors (Lipinski definition) is 1. The van der Waals surface area contributed by atoms with Crippen molar-refractivity contribution in [1.82, 2.24) is 20.1 Å². The van der Waals surface area contributed by atoms with Gasteiger partial charge in [-0.1, -0.05) is 5.16 Å². The summed E-state index contributed by atoms with van der Waals surface area (Å²) >= 11 is 0. The second-order valence-corrected chi connectivity index (χ2v) is 3.89. The summed E-state index contributed by atoms with van der Waals surface area (Å²) in [5.41, 5.74) is 1.90. The molecule has 0 atom stereocenters. The Labute approximate surface area is 99.5 Å². The average Bonchev–Trinajstić information content (AvgIpc) is 2.63. The van der Waals surface area contributed by atoms with Gasteiger partial charge in [0.15, 0.2) is 5.82 Å². The monoisotopic (exact) mass is 233 g/mol.